The van der Waals surface area contributed by atoms with Gasteiger partial charge in [0.25, 0.3) is 0 Å². The number of nitrogens with one attached hydrogen (secondary N) is 2. The van der Waals surface area contributed by atoms with E-state index in [1.807, 2.05) is 6.07 Å². The summed E-state index contributed by atoms with van der Waals surface area (Å²) in [4.78, 5) is 0.381. The first-order valence-corrected chi connectivity index (χ1v) is 8.48. The van der Waals surface area contributed by atoms with Gasteiger partial charge in [0.1, 0.15) is 0 Å². The van der Waals surface area contributed by atoms with Gasteiger partial charge in [0, 0.05) is 18.8 Å². The zero-order valence-corrected chi connectivity index (χ0v) is 12.2. The first-order chi connectivity index (χ1) is 9.13. The minimum absolute atomic E-state index is 0.381. The van der Waals surface area contributed by atoms with Gasteiger partial charge in [-0.2, -0.15) is 0 Å². The van der Waals surface area contributed by atoms with Crippen LogP contribution < -0.4 is 10.0 Å². The van der Waals surface area contributed by atoms with E-state index in [2.05, 4.69) is 17.0 Å². The molecule has 0 aliphatic carbocycles. The molecule has 1 aliphatic heterocycles. The second kappa shape index (κ2) is 6.39. The van der Waals surface area contributed by atoms with E-state index in [4.69, 9.17) is 0 Å². The van der Waals surface area contributed by atoms with Crippen molar-refractivity contribution < 1.29 is 8.42 Å². The van der Waals surface area contributed by atoms with Crippen LogP contribution >= 0.6 is 0 Å². The second-order valence-corrected chi connectivity index (χ2v) is 6.72. The van der Waals surface area contributed by atoms with E-state index in [9.17, 15) is 8.42 Å². The highest BCUT2D eigenvalue weighted by atomic mass is 32.2. The average Bonchev–Trinajstić information content (AvgIpc) is 2.43. The minimum Gasteiger partial charge on any atom is -0.385 e. The van der Waals surface area contributed by atoms with Crippen molar-refractivity contribution >= 4 is 15.7 Å². The maximum Gasteiger partial charge on any atom is 0.240 e. The Morgan fingerprint density at radius 1 is 1.32 bits per heavy atom. The van der Waals surface area contributed by atoms with Crippen LogP contribution in [0.5, 0.6) is 0 Å². The third-order valence-corrected chi connectivity index (χ3v) is 4.86. The van der Waals surface area contributed by atoms with Crippen LogP contribution in [0, 0.1) is 0 Å². The zero-order valence-electron chi connectivity index (χ0n) is 11.4. The molecule has 0 unspecified atom stereocenters. The third kappa shape index (κ3) is 3.70. The molecule has 1 aromatic carbocycles. The molecule has 0 atom stereocenters. The van der Waals surface area contributed by atoms with Crippen LogP contribution in [0.4, 0.5) is 5.69 Å². The van der Waals surface area contributed by atoms with Crippen molar-refractivity contribution in [3.63, 3.8) is 0 Å². The number of unbranched alkanes of at least 4 members (excludes halogenated alkanes) is 2. The first kappa shape index (κ1) is 14.3. The lowest BCUT2D eigenvalue weighted by Gasteiger charge is -2.18. The highest BCUT2D eigenvalue weighted by molar-refractivity contribution is 7.89. The molecule has 19 heavy (non-hydrogen) atoms. The fraction of sp³-hybridized carbons (Fsp3) is 0.571. The van der Waals surface area contributed by atoms with Crippen molar-refractivity contribution in [3.05, 3.63) is 23.8 Å². The van der Waals surface area contributed by atoms with Gasteiger partial charge < -0.3 is 5.32 Å². The lowest BCUT2D eigenvalue weighted by molar-refractivity contribution is 0.576. The summed E-state index contributed by atoms with van der Waals surface area (Å²) in [5, 5.41) is 3.29. The van der Waals surface area contributed by atoms with Gasteiger partial charge in [-0.3, -0.25) is 0 Å². The summed E-state index contributed by atoms with van der Waals surface area (Å²) < 4.78 is 27.0. The Morgan fingerprint density at radius 2 is 2.16 bits per heavy atom. The summed E-state index contributed by atoms with van der Waals surface area (Å²) in [5.41, 5.74) is 2.17. The smallest absolute Gasteiger partial charge is 0.240 e. The molecule has 106 valence electrons. The van der Waals surface area contributed by atoms with Gasteiger partial charge in [-0.25, -0.2) is 13.1 Å². The Hall–Kier alpha value is -1.07. The topological polar surface area (TPSA) is 58.2 Å². The van der Waals surface area contributed by atoms with Crippen molar-refractivity contribution in [3.8, 4) is 0 Å². The summed E-state index contributed by atoms with van der Waals surface area (Å²) >= 11 is 0. The largest absolute Gasteiger partial charge is 0.385 e. The molecule has 0 saturated heterocycles. The number of rotatable bonds is 6. The van der Waals surface area contributed by atoms with Crippen LogP contribution in [0.3, 0.4) is 0 Å². The van der Waals surface area contributed by atoms with Gasteiger partial charge in [0.05, 0.1) is 4.90 Å². The van der Waals surface area contributed by atoms with E-state index in [0.717, 1.165) is 49.9 Å². The zero-order chi connectivity index (χ0) is 13.7. The van der Waals surface area contributed by atoms with Crippen LogP contribution in [-0.4, -0.2) is 21.5 Å². The lowest BCUT2D eigenvalue weighted by Crippen LogP contribution is -2.25. The SMILES string of the molecule is CCCCCNS(=O)(=O)c1ccc2c(c1)CCCN2. The van der Waals surface area contributed by atoms with E-state index in [0.29, 0.717) is 11.4 Å². The molecular weight excluding hydrogens is 260 g/mol. The highest BCUT2D eigenvalue weighted by Gasteiger charge is 2.16. The lowest BCUT2D eigenvalue weighted by atomic mass is 10.0. The number of hydrogen-bond donors (Lipinski definition) is 2. The molecule has 0 aromatic heterocycles. The predicted molar refractivity (Wildman–Crippen MR) is 78.0 cm³/mol. The first-order valence-electron chi connectivity index (χ1n) is 7.00. The molecule has 0 radical (unpaired) electrons. The number of aryl methyl sites for hydroxylation is 1. The molecule has 0 spiro atoms. The fourth-order valence-corrected chi connectivity index (χ4v) is 3.41. The molecule has 1 heterocycles. The average molecular weight is 282 g/mol. The Bertz CT molecular complexity index is 526. The van der Waals surface area contributed by atoms with Crippen molar-refractivity contribution in [1.29, 1.82) is 0 Å². The van der Waals surface area contributed by atoms with E-state index >= 15 is 0 Å². The van der Waals surface area contributed by atoms with Gasteiger partial charge in [0.2, 0.25) is 10.0 Å². The van der Waals surface area contributed by atoms with E-state index in [1.54, 1.807) is 12.1 Å². The summed E-state index contributed by atoms with van der Waals surface area (Å²) in [7, 11) is -3.35. The number of hydrogen-bond acceptors (Lipinski definition) is 3. The normalized spacial score (nSPS) is 14.8. The van der Waals surface area contributed by atoms with Crippen molar-refractivity contribution in [2.45, 2.75) is 43.9 Å². The second-order valence-electron chi connectivity index (χ2n) is 4.95. The summed E-state index contributed by atoms with van der Waals surface area (Å²) in [5.74, 6) is 0. The van der Waals surface area contributed by atoms with Crippen LogP contribution in [0.2, 0.25) is 0 Å². The number of sulfonamides is 1. The Kier molecular flexibility index (Phi) is 4.82. The van der Waals surface area contributed by atoms with Gasteiger partial charge in [-0.1, -0.05) is 19.8 Å². The molecule has 4 nitrogen and oxygen atoms in total. The maximum absolute atomic E-state index is 12.1. The molecule has 0 amide bonds. The van der Waals surface area contributed by atoms with Gasteiger partial charge in [-0.05, 0) is 43.0 Å². The van der Waals surface area contributed by atoms with Crippen LogP contribution in [0.1, 0.15) is 38.2 Å². The van der Waals surface area contributed by atoms with E-state index < -0.39 is 10.0 Å². The molecule has 0 bridgehead atoms. The summed E-state index contributed by atoms with van der Waals surface area (Å²) in [6.07, 6.45) is 5.03. The molecule has 1 aliphatic rings. The van der Waals surface area contributed by atoms with Crippen LogP contribution in [0.15, 0.2) is 23.1 Å². The number of benzene rings is 1. The van der Waals surface area contributed by atoms with E-state index in [1.165, 1.54) is 0 Å². The monoisotopic (exact) mass is 282 g/mol. The molecule has 1 aromatic rings. The number of fused-ring (bicyclic) bond motifs is 1. The quantitative estimate of drug-likeness (QED) is 0.788. The van der Waals surface area contributed by atoms with Gasteiger partial charge in [-0.15, -0.1) is 0 Å². The molecule has 2 N–H and O–H groups in total. The van der Waals surface area contributed by atoms with Gasteiger partial charge in [0.15, 0.2) is 0 Å². The van der Waals surface area contributed by atoms with Crippen molar-refractivity contribution in [2.24, 2.45) is 0 Å². The molecule has 0 fully saturated rings. The Labute approximate surface area is 115 Å². The predicted octanol–water partition coefficient (Wildman–Crippen LogP) is 2.51. The summed E-state index contributed by atoms with van der Waals surface area (Å²) in [6.45, 7) is 3.59. The fourth-order valence-electron chi connectivity index (χ4n) is 2.28. The number of anilines is 1. The van der Waals surface area contributed by atoms with Crippen LogP contribution in [0.25, 0.3) is 0 Å². The van der Waals surface area contributed by atoms with Crippen molar-refractivity contribution in [1.82, 2.24) is 4.72 Å². The van der Waals surface area contributed by atoms with Crippen LogP contribution in [-0.2, 0) is 16.4 Å². The highest BCUT2D eigenvalue weighted by Crippen LogP contribution is 2.24. The standard InChI is InChI=1S/C14H22N2O2S/c1-2-3-4-10-16-19(17,18)13-7-8-14-12(11-13)6-5-9-15-14/h7-8,11,15-16H,2-6,9-10H2,1H3. The van der Waals surface area contributed by atoms with Gasteiger partial charge >= 0.3 is 0 Å². The summed E-state index contributed by atoms with van der Waals surface area (Å²) in [6, 6.07) is 5.35. The van der Waals surface area contributed by atoms with E-state index in [-0.39, 0.29) is 0 Å². The maximum atomic E-state index is 12.1. The Morgan fingerprint density at radius 3 is 2.95 bits per heavy atom. The molecule has 2 rings (SSSR count). The van der Waals surface area contributed by atoms with Crippen molar-refractivity contribution in [2.75, 3.05) is 18.4 Å². The molecular formula is C14H22N2O2S. The molecule has 5 heteroatoms. The minimum atomic E-state index is -3.35. The Balaban J connectivity index is 2.07. The molecule has 0 saturated carbocycles. The third-order valence-electron chi connectivity index (χ3n) is 3.40.